The zero-order valence-electron chi connectivity index (χ0n) is 11.1. The Morgan fingerprint density at radius 1 is 1.37 bits per heavy atom. The van der Waals surface area contributed by atoms with E-state index >= 15 is 0 Å². The van der Waals surface area contributed by atoms with E-state index in [0.29, 0.717) is 6.54 Å². The van der Waals surface area contributed by atoms with E-state index in [-0.39, 0.29) is 6.04 Å². The summed E-state index contributed by atoms with van der Waals surface area (Å²) in [6.07, 6.45) is 0. The number of hydrogen-bond acceptors (Lipinski definition) is 4. The third kappa shape index (κ3) is 3.86. The minimum Gasteiger partial charge on any atom is -0.329 e. The maximum absolute atomic E-state index is 5.93. The molecule has 0 amide bonds. The number of aromatic nitrogens is 1. The molecule has 0 radical (unpaired) electrons. The first-order valence-electron chi connectivity index (χ1n) is 6.18. The highest BCUT2D eigenvalue weighted by atomic mass is 79.9. The highest BCUT2D eigenvalue weighted by Gasteiger charge is 2.17. The minimum atomic E-state index is 0.235. The van der Waals surface area contributed by atoms with E-state index in [4.69, 9.17) is 5.73 Å². The lowest BCUT2D eigenvalue weighted by Gasteiger charge is -2.25. The average molecular weight is 340 g/mol. The van der Waals surface area contributed by atoms with Crippen molar-refractivity contribution in [3.8, 4) is 0 Å². The van der Waals surface area contributed by atoms with Gasteiger partial charge in [0.25, 0.3) is 0 Å². The smallest absolute Gasteiger partial charge is 0.0702 e. The van der Waals surface area contributed by atoms with Crippen LogP contribution in [-0.4, -0.2) is 23.5 Å². The van der Waals surface area contributed by atoms with Crippen molar-refractivity contribution in [2.45, 2.75) is 19.5 Å². The van der Waals surface area contributed by atoms with Crippen LogP contribution in [-0.2, 0) is 6.54 Å². The predicted molar refractivity (Wildman–Crippen MR) is 84.3 cm³/mol. The largest absolute Gasteiger partial charge is 0.329 e. The van der Waals surface area contributed by atoms with E-state index < -0.39 is 0 Å². The normalized spacial score (nSPS) is 12.9. The fraction of sp³-hybridized carbons (Fsp3) is 0.357. The molecule has 0 fully saturated rings. The van der Waals surface area contributed by atoms with Gasteiger partial charge in [0.05, 0.1) is 15.5 Å². The first kappa shape index (κ1) is 14.7. The van der Waals surface area contributed by atoms with E-state index in [0.717, 1.165) is 21.7 Å². The van der Waals surface area contributed by atoms with Crippen LogP contribution in [0.4, 0.5) is 0 Å². The van der Waals surface area contributed by atoms with Crippen LogP contribution >= 0.6 is 27.3 Å². The number of thiophene rings is 1. The number of rotatable bonds is 5. The SMILES string of the molecule is Cc1cccc(CN(C)C(CN)c2ccc(Br)s2)n1. The van der Waals surface area contributed by atoms with Gasteiger partial charge in [-0.05, 0) is 54.2 Å². The van der Waals surface area contributed by atoms with Crippen LogP contribution in [0.1, 0.15) is 22.3 Å². The number of pyridine rings is 1. The van der Waals surface area contributed by atoms with E-state index in [1.54, 1.807) is 11.3 Å². The van der Waals surface area contributed by atoms with Gasteiger partial charge in [-0.1, -0.05) is 6.07 Å². The Kier molecular flexibility index (Phi) is 5.10. The van der Waals surface area contributed by atoms with E-state index in [2.05, 4.69) is 51.1 Å². The van der Waals surface area contributed by atoms with E-state index in [1.165, 1.54) is 4.88 Å². The summed E-state index contributed by atoms with van der Waals surface area (Å²) in [6.45, 7) is 3.43. The molecule has 5 heteroatoms. The van der Waals surface area contributed by atoms with Gasteiger partial charge in [0.2, 0.25) is 0 Å². The number of nitrogens with zero attached hydrogens (tertiary/aromatic N) is 2. The van der Waals surface area contributed by atoms with Crippen LogP contribution in [0.15, 0.2) is 34.1 Å². The molecule has 2 rings (SSSR count). The van der Waals surface area contributed by atoms with Gasteiger partial charge in [-0.2, -0.15) is 0 Å². The zero-order chi connectivity index (χ0) is 13.8. The van der Waals surface area contributed by atoms with Crippen LogP contribution in [0.5, 0.6) is 0 Å². The van der Waals surface area contributed by atoms with Gasteiger partial charge in [0.15, 0.2) is 0 Å². The predicted octanol–water partition coefficient (Wildman–Crippen LogP) is 3.35. The highest BCUT2D eigenvalue weighted by Crippen LogP contribution is 2.30. The molecule has 2 N–H and O–H groups in total. The monoisotopic (exact) mass is 339 g/mol. The van der Waals surface area contributed by atoms with Gasteiger partial charge < -0.3 is 5.73 Å². The molecular formula is C14H18BrN3S. The Hall–Kier alpha value is -0.750. The van der Waals surface area contributed by atoms with Gasteiger partial charge in [0, 0.05) is 23.7 Å². The fourth-order valence-corrected chi connectivity index (χ4v) is 3.68. The Morgan fingerprint density at radius 2 is 2.16 bits per heavy atom. The molecule has 2 aromatic rings. The number of halogens is 1. The molecule has 0 aliphatic carbocycles. The maximum Gasteiger partial charge on any atom is 0.0702 e. The Bertz CT molecular complexity index is 541. The minimum absolute atomic E-state index is 0.235. The van der Waals surface area contributed by atoms with Crippen molar-refractivity contribution in [1.29, 1.82) is 0 Å². The topological polar surface area (TPSA) is 42.1 Å². The maximum atomic E-state index is 5.93. The first-order chi connectivity index (χ1) is 9.10. The molecule has 2 heterocycles. The summed E-state index contributed by atoms with van der Waals surface area (Å²) in [6, 6.07) is 10.6. The Morgan fingerprint density at radius 3 is 2.74 bits per heavy atom. The summed E-state index contributed by atoms with van der Waals surface area (Å²) < 4.78 is 1.14. The van der Waals surface area contributed by atoms with Gasteiger partial charge in [-0.15, -0.1) is 11.3 Å². The molecule has 1 atom stereocenters. The number of hydrogen-bond donors (Lipinski definition) is 1. The van der Waals surface area contributed by atoms with Gasteiger partial charge in [0.1, 0.15) is 0 Å². The molecule has 0 aromatic carbocycles. The molecule has 0 aliphatic rings. The zero-order valence-corrected chi connectivity index (χ0v) is 13.5. The van der Waals surface area contributed by atoms with Crippen LogP contribution in [0.3, 0.4) is 0 Å². The second kappa shape index (κ2) is 6.61. The lowest BCUT2D eigenvalue weighted by molar-refractivity contribution is 0.242. The molecule has 0 saturated heterocycles. The second-order valence-electron chi connectivity index (χ2n) is 4.58. The van der Waals surface area contributed by atoms with Crippen LogP contribution in [0, 0.1) is 6.92 Å². The summed E-state index contributed by atoms with van der Waals surface area (Å²) in [4.78, 5) is 8.07. The molecule has 102 valence electrons. The molecule has 0 saturated carbocycles. The van der Waals surface area contributed by atoms with Gasteiger partial charge in [-0.3, -0.25) is 9.88 Å². The molecule has 3 nitrogen and oxygen atoms in total. The quantitative estimate of drug-likeness (QED) is 0.908. The average Bonchev–Trinajstić information content (AvgIpc) is 2.76. The van der Waals surface area contributed by atoms with Crippen molar-refractivity contribution in [2.75, 3.05) is 13.6 Å². The highest BCUT2D eigenvalue weighted by molar-refractivity contribution is 9.11. The van der Waals surface area contributed by atoms with Crippen molar-refractivity contribution in [2.24, 2.45) is 5.73 Å². The lowest BCUT2D eigenvalue weighted by atomic mass is 10.2. The molecule has 2 aromatic heterocycles. The number of aryl methyl sites for hydroxylation is 1. The standard InChI is InChI=1S/C14H18BrN3S/c1-10-4-3-5-11(17-10)9-18(2)12(8-16)13-6-7-14(15)19-13/h3-7,12H,8-9,16H2,1-2H3. The van der Waals surface area contributed by atoms with Crippen molar-refractivity contribution in [3.63, 3.8) is 0 Å². The van der Waals surface area contributed by atoms with E-state index in [9.17, 15) is 0 Å². The van der Waals surface area contributed by atoms with Crippen LogP contribution in [0.25, 0.3) is 0 Å². The van der Waals surface area contributed by atoms with Crippen molar-refractivity contribution in [1.82, 2.24) is 9.88 Å². The third-order valence-electron chi connectivity index (χ3n) is 3.04. The molecule has 1 unspecified atom stereocenters. The molecule has 0 spiro atoms. The fourth-order valence-electron chi connectivity index (χ4n) is 2.07. The molecular weight excluding hydrogens is 322 g/mol. The Labute approximate surface area is 126 Å². The lowest BCUT2D eigenvalue weighted by Crippen LogP contribution is -2.29. The molecule has 0 aliphatic heterocycles. The molecule has 19 heavy (non-hydrogen) atoms. The van der Waals surface area contributed by atoms with Gasteiger partial charge >= 0.3 is 0 Å². The summed E-state index contributed by atoms with van der Waals surface area (Å²) in [5, 5.41) is 0. The van der Waals surface area contributed by atoms with Crippen molar-refractivity contribution < 1.29 is 0 Å². The summed E-state index contributed by atoms with van der Waals surface area (Å²) in [5.41, 5.74) is 8.06. The number of nitrogens with two attached hydrogens (primary N) is 1. The summed E-state index contributed by atoms with van der Waals surface area (Å²) in [7, 11) is 2.09. The second-order valence-corrected chi connectivity index (χ2v) is 7.07. The molecule has 0 bridgehead atoms. The summed E-state index contributed by atoms with van der Waals surface area (Å²) in [5.74, 6) is 0. The van der Waals surface area contributed by atoms with Gasteiger partial charge in [-0.25, -0.2) is 0 Å². The number of likely N-dealkylation sites (N-methyl/N-ethyl adjacent to an activating group) is 1. The van der Waals surface area contributed by atoms with Crippen LogP contribution in [0.2, 0.25) is 0 Å². The first-order valence-corrected chi connectivity index (χ1v) is 7.79. The third-order valence-corrected chi connectivity index (χ3v) is 4.76. The Balaban J connectivity index is 2.11. The van der Waals surface area contributed by atoms with E-state index in [1.807, 2.05) is 19.1 Å². The van der Waals surface area contributed by atoms with Crippen molar-refractivity contribution in [3.05, 3.63) is 50.4 Å². The summed E-state index contributed by atoms with van der Waals surface area (Å²) >= 11 is 5.24. The van der Waals surface area contributed by atoms with Crippen LogP contribution < -0.4 is 5.73 Å². The van der Waals surface area contributed by atoms with Crippen molar-refractivity contribution >= 4 is 27.3 Å².